The van der Waals surface area contributed by atoms with Crippen molar-refractivity contribution in [1.29, 1.82) is 0 Å². The quantitative estimate of drug-likeness (QED) is 0.750. The number of nitrogens with one attached hydrogen (secondary N) is 1. The third-order valence-electron chi connectivity index (χ3n) is 3.88. The van der Waals surface area contributed by atoms with Crippen LogP contribution in [0.2, 0.25) is 0 Å². The summed E-state index contributed by atoms with van der Waals surface area (Å²) in [5.74, 6) is 0.438. The van der Waals surface area contributed by atoms with Crippen molar-refractivity contribution in [3.8, 4) is 0 Å². The van der Waals surface area contributed by atoms with Crippen molar-refractivity contribution in [2.75, 3.05) is 26.2 Å². The summed E-state index contributed by atoms with van der Waals surface area (Å²) in [6.45, 7) is 3.76. The Balaban J connectivity index is 1.89. The second-order valence-electron chi connectivity index (χ2n) is 5.59. The fraction of sp³-hybridized carbons (Fsp3) is 1.00. The third kappa shape index (κ3) is 3.19. The minimum absolute atomic E-state index is 0.0753. The molecule has 1 saturated heterocycles. The Morgan fingerprint density at radius 2 is 2.18 bits per heavy atom. The Kier molecular flexibility index (Phi) is 3.77. The highest BCUT2D eigenvalue weighted by molar-refractivity contribution is 7.87. The molecular weight excluding hydrogens is 240 g/mol. The molecule has 0 aromatic carbocycles. The van der Waals surface area contributed by atoms with E-state index < -0.39 is 10.2 Å². The average molecular weight is 262 g/mol. The Labute approximate surface area is 103 Å². The first-order valence-corrected chi connectivity index (χ1v) is 7.77. The maximum atomic E-state index is 12.1. The molecule has 0 aromatic heterocycles. The highest BCUT2D eigenvalue weighted by Crippen LogP contribution is 2.44. The van der Waals surface area contributed by atoms with E-state index in [-0.39, 0.29) is 12.0 Å². The van der Waals surface area contributed by atoms with Gasteiger partial charge in [0.1, 0.15) is 0 Å². The molecule has 0 spiro atoms. The molecule has 1 aliphatic carbocycles. The second kappa shape index (κ2) is 4.84. The standard InChI is InChI=1S/C11H22N2O3S/c1-10-3-2-6-13(7-10)17(15,16)12-8-11(9-14)4-5-11/h10,12,14H,2-9H2,1H3. The average Bonchev–Trinajstić information content (AvgIpc) is 3.07. The van der Waals surface area contributed by atoms with Crippen molar-refractivity contribution >= 4 is 10.2 Å². The molecule has 17 heavy (non-hydrogen) atoms. The smallest absolute Gasteiger partial charge is 0.279 e. The summed E-state index contributed by atoms with van der Waals surface area (Å²) < 4.78 is 28.3. The van der Waals surface area contributed by atoms with Gasteiger partial charge in [-0.25, -0.2) is 4.72 Å². The summed E-state index contributed by atoms with van der Waals surface area (Å²) in [5, 5.41) is 9.16. The van der Waals surface area contributed by atoms with Gasteiger partial charge in [-0.3, -0.25) is 0 Å². The van der Waals surface area contributed by atoms with Crippen molar-refractivity contribution in [2.45, 2.75) is 32.6 Å². The number of hydrogen-bond donors (Lipinski definition) is 2. The maximum Gasteiger partial charge on any atom is 0.279 e. The van der Waals surface area contributed by atoms with Crippen LogP contribution in [-0.2, 0) is 10.2 Å². The van der Waals surface area contributed by atoms with Crippen molar-refractivity contribution in [3.05, 3.63) is 0 Å². The zero-order chi connectivity index (χ0) is 12.5. The van der Waals surface area contributed by atoms with Crippen LogP contribution >= 0.6 is 0 Å². The van der Waals surface area contributed by atoms with E-state index in [0.29, 0.717) is 25.6 Å². The van der Waals surface area contributed by atoms with Gasteiger partial charge in [0, 0.05) is 31.7 Å². The van der Waals surface area contributed by atoms with E-state index in [1.807, 2.05) is 0 Å². The second-order valence-corrected chi connectivity index (χ2v) is 7.34. The van der Waals surface area contributed by atoms with Crippen LogP contribution in [0.3, 0.4) is 0 Å². The highest BCUT2D eigenvalue weighted by atomic mass is 32.2. The minimum atomic E-state index is -3.35. The molecule has 100 valence electrons. The molecule has 2 fully saturated rings. The normalized spacial score (nSPS) is 29.2. The van der Waals surface area contributed by atoms with Gasteiger partial charge in [-0.05, 0) is 31.6 Å². The van der Waals surface area contributed by atoms with E-state index >= 15 is 0 Å². The highest BCUT2D eigenvalue weighted by Gasteiger charge is 2.43. The van der Waals surface area contributed by atoms with Gasteiger partial charge in [0.2, 0.25) is 0 Å². The zero-order valence-corrected chi connectivity index (χ0v) is 11.2. The Morgan fingerprint density at radius 1 is 1.47 bits per heavy atom. The SMILES string of the molecule is CC1CCCN(S(=O)(=O)NCC2(CO)CC2)C1. The third-order valence-corrected chi connectivity index (χ3v) is 5.40. The summed E-state index contributed by atoms with van der Waals surface area (Å²) in [6.07, 6.45) is 3.88. The van der Waals surface area contributed by atoms with Crippen LogP contribution in [0.4, 0.5) is 0 Å². The lowest BCUT2D eigenvalue weighted by Crippen LogP contribution is -2.47. The summed E-state index contributed by atoms with van der Waals surface area (Å²) in [6, 6.07) is 0. The van der Waals surface area contributed by atoms with Crippen LogP contribution in [0.15, 0.2) is 0 Å². The van der Waals surface area contributed by atoms with Crippen molar-refractivity contribution in [1.82, 2.24) is 9.03 Å². The molecule has 0 bridgehead atoms. The Hall–Kier alpha value is -0.170. The molecule has 0 radical (unpaired) electrons. The first-order valence-electron chi connectivity index (χ1n) is 6.33. The van der Waals surface area contributed by atoms with Gasteiger partial charge in [0.15, 0.2) is 0 Å². The van der Waals surface area contributed by atoms with Gasteiger partial charge in [0.05, 0.1) is 0 Å². The van der Waals surface area contributed by atoms with Crippen LogP contribution in [0.25, 0.3) is 0 Å². The molecule has 2 N–H and O–H groups in total. The van der Waals surface area contributed by atoms with Gasteiger partial charge >= 0.3 is 0 Å². The lowest BCUT2D eigenvalue weighted by molar-refractivity contribution is 0.211. The molecule has 1 saturated carbocycles. The Bertz CT molecular complexity index is 365. The molecule has 6 heteroatoms. The molecule has 1 heterocycles. The van der Waals surface area contributed by atoms with E-state index in [4.69, 9.17) is 5.11 Å². The summed E-state index contributed by atoms with van der Waals surface area (Å²) >= 11 is 0. The largest absolute Gasteiger partial charge is 0.396 e. The van der Waals surface area contributed by atoms with E-state index in [1.54, 1.807) is 0 Å². The minimum Gasteiger partial charge on any atom is -0.396 e. The topological polar surface area (TPSA) is 69.6 Å². The fourth-order valence-electron chi connectivity index (χ4n) is 2.27. The molecular formula is C11H22N2O3S. The Morgan fingerprint density at radius 3 is 2.71 bits per heavy atom. The number of hydrogen-bond acceptors (Lipinski definition) is 3. The van der Waals surface area contributed by atoms with Crippen LogP contribution in [0.5, 0.6) is 0 Å². The van der Waals surface area contributed by atoms with Gasteiger partial charge in [-0.1, -0.05) is 6.92 Å². The fourth-order valence-corrected chi connectivity index (χ4v) is 3.76. The van der Waals surface area contributed by atoms with E-state index in [9.17, 15) is 8.42 Å². The lowest BCUT2D eigenvalue weighted by Gasteiger charge is -2.30. The number of aliphatic hydroxyl groups is 1. The van der Waals surface area contributed by atoms with Gasteiger partial charge in [-0.2, -0.15) is 12.7 Å². The summed E-state index contributed by atoms with van der Waals surface area (Å²) in [5.41, 5.74) is -0.172. The number of nitrogens with zero attached hydrogens (tertiary/aromatic N) is 1. The van der Waals surface area contributed by atoms with Gasteiger partial charge < -0.3 is 5.11 Å². The monoisotopic (exact) mass is 262 g/mol. The van der Waals surface area contributed by atoms with Crippen molar-refractivity contribution in [3.63, 3.8) is 0 Å². The van der Waals surface area contributed by atoms with E-state index in [0.717, 1.165) is 25.7 Å². The van der Waals surface area contributed by atoms with Crippen molar-refractivity contribution in [2.24, 2.45) is 11.3 Å². The lowest BCUT2D eigenvalue weighted by atomic mass is 10.0. The summed E-state index contributed by atoms with van der Waals surface area (Å²) in [7, 11) is -3.35. The van der Waals surface area contributed by atoms with E-state index in [2.05, 4.69) is 11.6 Å². The van der Waals surface area contributed by atoms with Crippen molar-refractivity contribution < 1.29 is 13.5 Å². The molecule has 1 aliphatic heterocycles. The van der Waals surface area contributed by atoms with Gasteiger partial charge in [-0.15, -0.1) is 0 Å². The van der Waals surface area contributed by atoms with E-state index in [1.165, 1.54) is 4.31 Å². The van der Waals surface area contributed by atoms with Crippen LogP contribution in [0.1, 0.15) is 32.6 Å². The molecule has 2 rings (SSSR count). The van der Waals surface area contributed by atoms with Crippen LogP contribution < -0.4 is 4.72 Å². The van der Waals surface area contributed by atoms with Gasteiger partial charge in [0.25, 0.3) is 10.2 Å². The number of aliphatic hydroxyl groups excluding tert-OH is 1. The summed E-state index contributed by atoms with van der Waals surface area (Å²) in [4.78, 5) is 0. The van der Waals surface area contributed by atoms with Crippen LogP contribution in [-0.4, -0.2) is 44.1 Å². The number of rotatable bonds is 5. The first-order chi connectivity index (χ1) is 7.97. The predicted molar refractivity (Wildman–Crippen MR) is 65.6 cm³/mol. The maximum absolute atomic E-state index is 12.1. The predicted octanol–water partition coefficient (Wildman–Crippen LogP) is 0.325. The molecule has 2 aliphatic rings. The molecule has 5 nitrogen and oxygen atoms in total. The number of piperidine rings is 1. The zero-order valence-electron chi connectivity index (χ0n) is 10.4. The van der Waals surface area contributed by atoms with Crippen LogP contribution in [0, 0.1) is 11.3 Å². The first kappa shape index (κ1) is 13.3. The molecule has 1 atom stereocenters. The molecule has 0 amide bonds. The molecule has 0 aromatic rings. The molecule has 1 unspecified atom stereocenters.